The third-order valence-electron chi connectivity index (χ3n) is 1.66. The van der Waals surface area contributed by atoms with Crippen LogP contribution in [-0.4, -0.2) is 18.1 Å². The number of ether oxygens (including phenoxy) is 1. The fraction of sp³-hybridized carbons (Fsp3) is 0.333. The molecule has 1 aromatic heterocycles. The van der Waals surface area contributed by atoms with E-state index in [0.29, 0.717) is 11.3 Å². The molecule has 4 heteroatoms. The number of hydrogen-bond donors (Lipinski definition) is 0. The Hall–Kier alpha value is -1.45. The molecule has 3 nitrogen and oxygen atoms in total. The molecule has 1 aromatic rings. The van der Waals surface area contributed by atoms with Crippen LogP contribution in [0.2, 0.25) is 0 Å². The number of hydrogen-bond acceptors (Lipinski definition) is 3. The van der Waals surface area contributed by atoms with Crippen molar-refractivity contribution in [2.75, 3.05) is 7.11 Å². The summed E-state index contributed by atoms with van der Waals surface area (Å²) in [6.07, 6.45) is 1.52. The van der Waals surface area contributed by atoms with E-state index in [9.17, 15) is 9.18 Å². The van der Waals surface area contributed by atoms with Crippen LogP contribution in [0, 0.1) is 12.7 Å². The van der Waals surface area contributed by atoms with Gasteiger partial charge in [-0.2, -0.15) is 0 Å². The van der Waals surface area contributed by atoms with Crippen molar-refractivity contribution in [2.24, 2.45) is 0 Å². The van der Waals surface area contributed by atoms with Gasteiger partial charge < -0.3 is 4.74 Å². The number of halogens is 1. The summed E-state index contributed by atoms with van der Waals surface area (Å²) in [5, 5.41) is 0. The smallest absolute Gasteiger partial charge is 0.310 e. The summed E-state index contributed by atoms with van der Waals surface area (Å²) in [4.78, 5) is 14.6. The summed E-state index contributed by atoms with van der Waals surface area (Å²) in [6, 6.07) is 1.29. The second-order valence-corrected chi connectivity index (χ2v) is 2.66. The van der Waals surface area contributed by atoms with Gasteiger partial charge in [-0.1, -0.05) is 0 Å². The minimum Gasteiger partial charge on any atom is -0.469 e. The maximum atomic E-state index is 12.9. The summed E-state index contributed by atoms with van der Waals surface area (Å²) in [5.41, 5.74) is 0.851. The molecule has 1 rings (SSSR count). The van der Waals surface area contributed by atoms with Crippen molar-refractivity contribution in [1.82, 2.24) is 4.98 Å². The molecular weight excluding hydrogens is 173 g/mol. The molecule has 0 aliphatic carbocycles. The Morgan fingerprint density at radius 1 is 1.69 bits per heavy atom. The highest BCUT2D eigenvalue weighted by atomic mass is 19.1. The van der Waals surface area contributed by atoms with E-state index in [2.05, 4.69) is 9.72 Å². The van der Waals surface area contributed by atoms with Gasteiger partial charge in [0.1, 0.15) is 5.82 Å². The van der Waals surface area contributed by atoms with Gasteiger partial charge in [0, 0.05) is 6.20 Å². The normalized spacial score (nSPS) is 9.77. The number of pyridine rings is 1. The molecule has 13 heavy (non-hydrogen) atoms. The van der Waals surface area contributed by atoms with E-state index in [4.69, 9.17) is 0 Å². The number of aryl methyl sites for hydroxylation is 1. The maximum Gasteiger partial charge on any atom is 0.310 e. The maximum absolute atomic E-state index is 12.9. The Bertz CT molecular complexity index is 325. The number of carbonyl (C=O) groups excluding carboxylic acids is 1. The minimum atomic E-state index is -0.401. The number of esters is 1. The minimum absolute atomic E-state index is 0.0562. The molecule has 0 saturated carbocycles. The zero-order valence-corrected chi connectivity index (χ0v) is 7.50. The van der Waals surface area contributed by atoms with Crippen molar-refractivity contribution >= 4 is 5.97 Å². The lowest BCUT2D eigenvalue weighted by Crippen LogP contribution is -2.05. The lowest BCUT2D eigenvalue weighted by Gasteiger charge is -2.00. The first-order valence-corrected chi connectivity index (χ1v) is 3.81. The predicted molar refractivity (Wildman–Crippen MR) is 44.7 cm³/mol. The molecule has 0 unspecified atom stereocenters. The van der Waals surface area contributed by atoms with E-state index in [0.717, 1.165) is 0 Å². The largest absolute Gasteiger partial charge is 0.469 e. The second kappa shape index (κ2) is 3.98. The van der Waals surface area contributed by atoms with Crippen LogP contribution >= 0.6 is 0 Å². The van der Waals surface area contributed by atoms with Gasteiger partial charge >= 0.3 is 5.97 Å². The lowest BCUT2D eigenvalue weighted by molar-refractivity contribution is -0.139. The van der Waals surface area contributed by atoms with Crippen LogP contribution in [0.25, 0.3) is 0 Å². The summed E-state index contributed by atoms with van der Waals surface area (Å²) in [7, 11) is 1.29. The van der Waals surface area contributed by atoms with Crippen molar-refractivity contribution in [1.29, 1.82) is 0 Å². The van der Waals surface area contributed by atoms with Crippen molar-refractivity contribution < 1.29 is 13.9 Å². The van der Waals surface area contributed by atoms with Crippen molar-refractivity contribution in [2.45, 2.75) is 13.3 Å². The van der Waals surface area contributed by atoms with Gasteiger partial charge in [0.2, 0.25) is 0 Å². The van der Waals surface area contributed by atoms with E-state index in [1.165, 1.54) is 19.4 Å². The van der Waals surface area contributed by atoms with Gasteiger partial charge in [-0.15, -0.1) is 0 Å². The van der Waals surface area contributed by atoms with Crippen molar-refractivity contribution in [3.8, 4) is 0 Å². The second-order valence-electron chi connectivity index (χ2n) is 2.66. The first-order chi connectivity index (χ1) is 6.13. The molecule has 0 amide bonds. The topological polar surface area (TPSA) is 39.2 Å². The molecule has 0 aliphatic rings. The van der Waals surface area contributed by atoms with Crippen LogP contribution < -0.4 is 0 Å². The number of aromatic nitrogens is 1. The molecule has 0 atom stereocenters. The summed E-state index contributed by atoms with van der Waals surface area (Å²) in [6.45, 7) is 1.57. The van der Waals surface area contributed by atoms with Crippen molar-refractivity contribution in [3.05, 3.63) is 29.3 Å². The molecule has 0 spiro atoms. The molecular formula is C9H10FNO2. The monoisotopic (exact) mass is 183 g/mol. The number of methoxy groups -OCH3 is 1. The van der Waals surface area contributed by atoms with Gasteiger partial charge in [-0.3, -0.25) is 9.78 Å². The summed E-state index contributed by atoms with van der Waals surface area (Å²) < 4.78 is 17.4. The first-order valence-electron chi connectivity index (χ1n) is 3.81. The highest BCUT2D eigenvalue weighted by Gasteiger charge is 2.05. The fourth-order valence-electron chi connectivity index (χ4n) is 0.881. The Labute approximate surface area is 75.6 Å². The molecule has 0 N–H and O–H groups in total. The average molecular weight is 183 g/mol. The lowest BCUT2D eigenvalue weighted by atomic mass is 10.2. The van der Waals surface area contributed by atoms with Gasteiger partial charge in [0.25, 0.3) is 0 Å². The predicted octanol–water partition coefficient (Wildman–Crippen LogP) is 1.24. The zero-order valence-electron chi connectivity index (χ0n) is 7.50. The van der Waals surface area contributed by atoms with Crippen LogP contribution in [0.3, 0.4) is 0 Å². The fourth-order valence-corrected chi connectivity index (χ4v) is 0.881. The van der Waals surface area contributed by atoms with Gasteiger partial charge in [0.05, 0.1) is 19.2 Å². The molecule has 0 bridgehead atoms. The van der Waals surface area contributed by atoms with Crippen LogP contribution in [0.4, 0.5) is 4.39 Å². The standard InChI is InChI=1S/C9H10FNO2/c1-6-8(10)3-7(5-11-6)4-9(12)13-2/h3,5H,4H2,1-2H3. The molecule has 1 heterocycles. The Morgan fingerprint density at radius 2 is 2.38 bits per heavy atom. The van der Waals surface area contributed by atoms with Gasteiger partial charge in [0.15, 0.2) is 0 Å². The molecule has 0 aromatic carbocycles. The highest BCUT2D eigenvalue weighted by Crippen LogP contribution is 2.06. The quantitative estimate of drug-likeness (QED) is 0.647. The van der Waals surface area contributed by atoms with E-state index >= 15 is 0 Å². The zero-order chi connectivity index (χ0) is 9.84. The van der Waals surface area contributed by atoms with Crippen LogP contribution in [0.5, 0.6) is 0 Å². The van der Waals surface area contributed by atoms with Crippen molar-refractivity contribution in [3.63, 3.8) is 0 Å². The molecule has 0 fully saturated rings. The number of carbonyl (C=O) groups is 1. The Balaban J connectivity index is 2.79. The van der Waals surface area contributed by atoms with Gasteiger partial charge in [-0.25, -0.2) is 4.39 Å². The SMILES string of the molecule is COC(=O)Cc1cnc(C)c(F)c1. The third-order valence-corrected chi connectivity index (χ3v) is 1.66. The number of nitrogens with zero attached hydrogens (tertiary/aromatic N) is 1. The van der Waals surface area contributed by atoms with Crippen LogP contribution in [-0.2, 0) is 16.0 Å². The van der Waals surface area contributed by atoms with Crippen LogP contribution in [0.15, 0.2) is 12.3 Å². The average Bonchev–Trinajstić information content (AvgIpc) is 2.11. The number of rotatable bonds is 2. The molecule has 70 valence electrons. The molecule has 0 saturated heterocycles. The van der Waals surface area contributed by atoms with Gasteiger partial charge in [-0.05, 0) is 18.6 Å². The molecule has 0 aliphatic heterocycles. The molecule has 0 radical (unpaired) electrons. The van der Waals surface area contributed by atoms with Crippen LogP contribution in [0.1, 0.15) is 11.3 Å². The Morgan fingerprint density at radius 3 is 2.92 bits per heavy atom. The van der Waals surface area contributed by atoms with E-state index in [-0.39, 0.29) is 6.42 Å². The summed E-state index contributed by atoms with van der Waals surface area (Å²) >= 11 is 0. The third kappa shape index (κ3) is 2.50. The van der Waals surface area contributed by atoms with E-state index < -0.39 is 11.8 Å². The Kier molecular flexibility index (Phi) is 2.95. The first kappa shape index (κ1) is 9.64. The van der Waals surface area contributed by atoms with E-state index in [1.54, 1.807) is 6.92 Å². The summed E-state index contributed by atoms with van der Waals surface area (Å²) in [5.74, 6) is -0.800. The van der Waals surface area contributed by atoms with E-state index in [1.807, 2.05) is 0 Å². The highest BCUT2D eigenvalue weighted by molar-refractivity contribution is 5.72.